The summed E-state index contributed by atoms with van der Waals surface area (Å²) in [4.78, 5) is 18.4. The number of hydrogen-bond donors (Lipinski definition) is 3. The van der Waals surface area contributed by atoms with E-state index in [-0.39, 0.29) is 10.8 Å². The van der Waals surface area contributed by atoms with E-state index < -0.39 is 10.0 Å². The molecule has 0 saturated carbocycles. The van der Waals surface area contributed by atoms with Crippen LogP contribution >= 0.6 is 11.3 Å². The lowest BCUT2D eigenvalue weighted by atomic mass is 10.1. The molecule has 2 aromatic heterocycles. The van der Waals surface area contributed by atoms with Crippen LogP contribution < -0.4 is 16.2 Å². The molecule has 0 aliphatic rings. The monoisotopic (exact) mass is 418 g/mol. The number of pyridine rings is 1. The van der Waals surface area contributed by atoms with Crippen LogP contribution in [0.5, 0.6) is 0 Å². The molecule has 0 atom stereocenters. The van der Waals surface area contributed by atoms with Gasteiger partial charge < -0.3 is 11.1 Å². The molecule has 0 fully saturated rings. The van der Waals surface area contributed by atoms with Gasteiger partial charge in [0.05, 0.1) is 10.6 Å². The minimum absolute atomic E-state index is 0.0617. The van der Waals surface area contributed by atoms with Crippen LogP contribution in [0.2, 0.25) is 0 Å². The average Bonchev–Trinajstić information content (AvgIpc) is 2.97. The molecular formula is C19H22N4O3S2. The molecule has 148 valence electrons. The lowest BCUT2D eigenvalue weighted by molar-refractivity contribution is 0.0959. The van der Waals surface area contributed by atoms with Crippen molar-refractivity contribution in [1.29, 1.82) is 0 Å². The number of anilines is 1. The summed E-state index contributed by atoms with van der Waals surface area (Å²) in [5, 5.41) is 8.72. The number of nitrogens with zero attached hydrogens (tertiary/aromatic N) is 1. The van der Waals surface area contributed by atoms with Crippen molar-refractivity contribution in [2.24, 2.45) is 5.14 Å². The molecule has 9 heteroatoms. The van der Waals surface area contributed by atoms with E-state index in [1.54, 1.807) is 12.1 Å². The van der Waals surface area contributed by atoms with Gasteiger partial charge in [-0.05, 0) is 42.2 Å². The molecule has 0 radical (unpaired) electrons. The zero-order valence-electron chi connectivity index (χ0n) is 15.6. The highest BCUT2D eigenvalue weighted by Crippen LogP contribution is 2.33. The van der Waals surface area contributed by atoms with E-state index in [0.29, 0.717) is 29.4 Å². The molecule has 0 saturated heterocycles. The molecule has 0 unspecified atom stereocenters. The Kier molecular flexibility index (Phi) is 5.69. The maximum atomic E-state index is 12.5. The predicted octanol–water partition coefficient (Wildman–Crippen LogP) is 2.62. The maximum Gasteiger partial charge on any atom is 0.263 e. The van der Waals surface area contributed by atoms with Crippen molar-refractivity contribution < 1.29 is 13.2 Å². The topological polar surface area (TPSA) is 128 Å². The van der Waals surface area contributed by atoms with Crippen LogP contribution in [0, 0.1) is 0 Å². The number of sulfonamides is 1. The third-order valence-electron chi connectivity index (χ3n) is 4.36. The molecule has 0 bridgehead atoms. The number of nitrogen functional groups attached to an aromatic ring is 1. The fourth-order valence-electron chi connectivity index (χ4n) is 2.75. The summed E-state index contributed by atoms with van der Waals surface area (Å²) in [6.45, 7) is 4.52. The largest absolute Gasteiger partial charge is 0.397 e. The summed E-state index contributed by atoms with van der Waals surface area (Å²) in [5.74, 6) is 0.0541. The molecule has 3 rings (SSSR count). The van der Waals surface area contributed by atoms with Crippen molar-refractivity contribution in [1.82, 2.24) is 10.3 Å². The van der Waals surface area contributed by atoms with E-state index in [4.69, 9.17) is 10.9 Å². The third-order valence-corrected chi connectivity index (χ3v) is 6.41. The first-order valence-electron chi connectivity index (χ1n) is 8.75. The second kappa shape index (κ2) is 7.86. The van der Waals surface area contributed by atoms with Crippen molar-refractivity contribution >= 4 is 43.2 Å². The molecule has 1 amide bonds. The second-order valence-electron chi connectivity index (χ2n) is 6.78. The van der Waals surface area contributed by atoms with Crippen LogP contribution in [-0.4, -0.2) is 25.9 Å². The number of nitrogens with one attached hydrogen (secondary N) is 1. The molecule has 28 heavy (non-hydrogen) atoms. The molecule has 1 aromatic carbocycles. The van der Waals surface area contributed by atoms with Crippen LogP contribution in [-0.2, 0) is 16.4 Å². The fraction of sp³-hybridized carbons (Fsp3) is 0.263. The van der Waals surface area contributed by atoms with E-state index in [9.17, 15) is 13.2 Å². The summed E-state index contributed by atoms with van der Waals surface area (Å²) in [6.07, 6.45) is 0.553. The Morgan fingerprint density at radius 1 is 1.18 bits per heavy atom. The zero-order chi connectivity index (χ0) is 20.5. The molecule has 3 aromatic rings. The number of primary sulfonamides is 1. The number of fused-ring (bicyclic) bond motifs is 1. The highest BCUT2D eigenvalue weighted by molar-refractivity contribution is 7.89. The van der Waals surface area contributed by atoms with E-state index in [1.807, 2.05) is 12.1 Å². The fourth-order valence-corrected chi connectivity index (χ4v) is 4.28. The Labute approximate surface area is 167 Å². The SMILES string of the molecule is CC(C)c1ccc2c(N)c(C(=O)NCCc3ccc(S(N)(=O)=O)cc3)sc2n1. The minimum Gasteiger partial charge on any atom is -0.397 e. The predicted molar refractivity (Wildman–Crippen MR) is 112 cm³/mol. The Balaban J connectivity index is 1.67. The molecule has 2 heterocycles. The first-order valence-corrected chi connectivity index (χ1v) is 11.1. The van der Waals surface area contributed by atoms with E-state index >= 15 is 0 Å². The molecule has 0 aliphatic heterocycles. The van der Waals surface area contributed by atoms with Gasteiger partial charge >= 0.3 is 0 Å². The maximum absolute atomic E-state index is 12.5. The van der Waals surface area contributed by atoms with Crippen LogP contribution in [0.1, 0.15) is 40.7 Å². The zero-order valence-corrected chi connectivity index (χ0v) is 17.2. The van der Waals surface area contributed by atoms with Crippen molar-refractivity contribution in [3.8, 4) is 0 Å². The normalized spacial score (nSPS) is 11.9. The molecular weight excluding hydrogens is 396 g/mol. The van der Waals surface area contributed by atoms with Crippen molar-refractivity contribution in [2.45, 2.75) is 31.1 Å². The standard InChI is InChI=1S/C19H22N4O3S2/c1-11(2)15-8-7-14-16(20)17(27-19(14)23-15)18(24)22-10-9-12-3-5-13(6-4-12)28(21,25)26/h3-8,11H,9-10,20H2,1-2H3,(H,22,24)(H2,21,25,26). The first-order chi connectivity index (χ1) is 13.2. The Morgan fingerprint density at radius 3 is 2.46 bits per heavy atom. The summed E-state index contributed by atoms with van der Waals surface area (Å²) < 4.78 is 22.5. The number of carbonyl (C=O) groups excluding carboxylic acids is 1. The summed E-state index contributed by atoms with van der Waals surface area (Å²) in [7, 11) is -3.70. The van der Waals surface area contributed by atoms with Gasteiger partial charge in [-0.1, -0.05) is 26.0 Å². The van der Waals surface area contributed by atoms with Crippen LogP contribution in [0.15, 0.2) is 41.3 Å². The number of rotatable bonds is 6. The molecule has 7 nitrogen and oxygen atoms in total. The minimum atomic E-state index is -3.70. The van der Waals surface area contributed by atoms with E-state index in [1.165, 1.54) is 23.5 Å². The van der Waals surface area contributed by atoms with E-state index in [2.05, 4.69) is 24.1 Å². The number of thiophene rings is 1. The number of benzene rings is 1. The number of amides is 1. The summed E-state index contributed by atoms with van der Waals surface area (Å²) >= 11 is 1.29. The molecule has 5 N–H and O–H groups in total. The number of carbonyl (C=O) groups is 1. The quantitative estimate of drug-likeness (QED) is 0.567. The van der Waals surface area contributed by atoms with Gasteiger partial charge in [0.15, 0.2) is 0 Å². The molecule has 0 aliphatic carbocycles. The van der Waals surface area contributed by atoms with Crippen molar-refractivity contribution in [3.05, 3.63) is 52.5 Å². The average molecular weight is 419 g/mol. The Bertz CT molecular complexity index is 1120. The summed E-state index contributed by atoms with van der Waals surface area (Å²) in [6, 6.07) is 10.1. The van der Waals surface area contributed by atoms with Gasteiger partial charge in [-0.3, -0.25) is 4.79 Å². The molecule has 0 spiro atoms. The van der Waals surface area contributed by atoms with Gasteiger partial charge in [0, 0.05) is 17.6 Å². The van der Waals surface area contributed by atoms with E-state index in [0.717, 1.165) is 21.5 Å². The third kappa shape index (κ3) is 4.32. The van der Waals surface area contributed by atoms with Crippen LogP contribution in [0.25, 0.3) is 10.2 Å². The lowest BCUT2D eigenvalue weighted by Gasteiger charge is -2.05. The smallest absolute Gasteiger partial charge is 0.263 e. The second-order valence-corrected chi connectivity index (χ2v) is 9.34. The summed E-state index contributed by atoms with van der Waals surface area (Å²) in [5.41, 5.74) is 8.44. The highest BCUT2D eigenvalue weighted by Gasteiger charge is 2.17. The first kappa shape index (κ1) is 20.2. The number of aromatic nitrogens is 1. The van der Waals surface area contributed by atoms with Crippen molar-refractivity contribution in [3.63, 3.8) is 0 Å². The van der Waals surface area contributed by atoms with Crippen LogP contribution in [0.3, 0.4) is 0 Å². The Hall–Kier alpha value is -2.49. The Morgan fingerprint density at radius 2 is 1.86 bits per heavy atom. The van der Waals surface area contributed by atoms with Gasteiger partial charge in [-0.2, -0.15) is 0 Å². The van der Waals surface area contributed by atoms with Gasteiger partial charge in [0.2, 0.25) is 10.0 Å². The lowest BCUT2D eigenvalue weighted by Crippen LogP contribution is -2.25. The van der Waals surface area contributed by atoms with Gasteiger partial charge in [-0.25, -0.2) is 18.5 Å². The van der Waals surface area contributed by atoms with Gasteiger partial charge in [-0.15, -0.1) is 11.3 Å². The highest BCUT2D eigenvalue weighted by atomic mass is 32.2. The van der Waals surface area contributed by atoms with Crippen LogP contribution in [0.4, 0.5) is 5.69 Å². The number of nitrogens with two attached hydrogens (primary N) is 2. The van der Waals surface area contributed by atoms with Gasteiger partial charge in [0.25, 0.3) is 5.91 Å². The number of hydrogen-bond acceptors (Lipinski definition) is 6. The van der Waals surface area contributed by atoms with Gasteiger partial charge in [0.1, 0.15) is 9.71 Å². The van der Waals surface area contributed by atoms with Crippen molar-refractivity contribution in [2.75, 3.05) is 12.3 Å².